The zero-order valence-electron chi connectivity index (χ0n) is 6.50. The van der Waals surface area contributed by atoms with Crippen molar-refractivity contribution in [1.82, 2.24) is 0 Å². The average Bonchev–Trinajstić information content (AvgIpc) is 1.85. The van der Waals surface area contributed by atoms with Gasteiger partial charge in [-0.3, -0.25) is 9.59 Å². The van der Waals surface area contributed by atoms with Gasteiger partial charge < -0.3 is 5.11 Å². The van der Waals surface area contributed by atoms with Crippen molar-refractivity contribution in [2.24, 2.45) is 0 Å². The van der Waals surface area contributed by atoms with Gasteiger partial charge in [-0.25, -0.2) is 0 Å². The standard InChI is InChI=1S/C7H12O3S/c1-6(8)11-5-3-2-4-7(9)10/h2-5H2,1H3,(H,9,10). The van der Waals surface area contributed by atoms with E-state index < -0.39 is 5.97 Å². The van der Waals surface area contributed by atoms with E-state index in [9.17, 15) is 9.59 Å². The minimum Gasteiger partial charge on any atom is -0.481 e. The quantitative estimate of drug-likeness (QED) is 0.645. The summed E-state index contributed by atoms with van der Waals surface area (Å²) >= 11 is 1.25. The first-order chi connectivity index (χ1) is 5.13. The van der Waals surface area contributed by atoms with Crippen LogP contribution >= 0.6 is 11.8 Å². The first kappa shape index (κ1) is 10.5. The number of carbonyl (C=O) groups excluding carboxylic acids is 1. The summed E-state index contributed by atoms with van der Waals surface area (Å²) in [6.07, 6.45) is 1.67. The Hall–Kier alpha value is -0.510. The van der Waals surface area contributed by atoms with E-state index in [0.29, 0.717) is 6.42 Å². The lowest BCUT2D eigenvalue weighted by atomic mass is 10.3. The van der Waals surface area contributed by atoms with Crippen LogP contribution in [0.25, 0.3) is 0 Å². The second-order valence-corrected chi connectivity index (χ2v) is 3.46. The van der Waals surface area contributed by atoms with Gasteiger partial charge in [0.1, 0.15) is 0 Å². The van der Waals surface area contributed by atoms with Gasteiger partial charge in [-0.2, -0.15) is 0 Å². The lowest BCUT2D eigenvalue weighted by Gasteiger charge is -1.94. The average molecular weight is 176 g/mol. The largest absolute Gasteiger partial charge is 0.481 e. The molecule has 0 saturated carbocycles. The van der Waals surface area contributed by atoms with Gasteiger partial charge in [0.25, 0.3) is 0 Å². The fourth-order valence-corrected chi connectivity index (χ4v) is 1.23. The van der Waals surface area contributed by atoms with E-state index in [0.717, 1.165) is 12.2 Å². The fourth-order valence-electron chi connectivity index (χ4n) is 0.594. The zero-order valence-corrected chi connectivity index (χ0v) is 7.32. The molecule has 11 heavy (non-hydrogen) atoms. The molecule has 3 nitrogen and oxygen atoms in total. The van der Waals surface area contributed by atoms with E-state index in [-0.39, 0.29) is 11.5 Å². The molecule has 0 aliphatic carbocycles. The van der Waals surface area contributed by atoms with E-state index in [1.807, 2.05) is 0 Å². The van der Waals surface area contributed by atoms with Crippen LogP contribution in [0.4, 0.5) is 0 Å². The minimum atomic E-state index is -0.766. The highest BCUT2D eigenvalue weighted by Gasteiger charge is 1.97. The summed E-state index contributed by atoms with van der Waals surface area (Å²) in [6, 6.07) is 0. The van der Waals surface area contributed by atoms with Gasteiger partial charge in [0.15, 0.2) is 5.12 Å². The maximum absolute atomic E-state index is 10.4. The molecule has 0 radical (unpaired) electrons. The molecule has 0 unspecified atom stereocenters. The maximum atomic E-state index is 10.4. The number of unbranched alkanes of at least 4 members (excludes halogenated alkanes) is 1. The molecule has 0 aromatic heterocycles. The summed E-state index contributed by atoms with van der Waals surface area (Å²) in [5, 5.41) is 8.35. The van der Waals surface area contributed by atoms with Crippen LogP contribution in [0.3, 0.4) is 0 Å². The number of carbonyl (C=O) groups is 2. The highest BCUT2D eigenvalue weighted by Crippen LogP contribution is 2.06. The highest BCUT2D eigenvalue weighted by atomic mass is 32.2. The molecular weight excluding hydrogens is 164 g/mol. The topological polar surface area (TPSA) is 54.4 Å². The number of carboxylic acid groups (broad SMARTS) is 1. The number of carboxylic acids is 1. The maximum Gasteiger partial charge on any atom is 0.303 e. The molecule has 0 aliphatic rings. The van der Waals surface area contributed by atoms with E-state index in [1.54, 1.807) is 0 Å². The van der Waals surface area contributed by atoms with Gasteiger partial charge >= 0.3 is 5.97 Å². The van der Waals surface area contributed by atoms with Crippen molar-refractivity contribution in [3.05, 3.63) is 0 Å². The minimum absolute atomic E-state index is 0.0975. The monoisotopic (exact) mass is 176 g/mol. The molecule has 0 bridgehead atoms. The summed E-state index contributed by atoms with van der Waals surface area (Å²) in [5.74, 6) is -0.0272. The predicted octanol–water partition coefficient (Wildman–Crippen LogP) is 1.52. The van der Waals surface area contributed by atoms with Crippen molar-refractivity contribution in [2.45, 2.75) is 26.2 Å². The third-order valence-electron chi connectivity index (χ3n) is 1.09. The zero-order chi connectivity index (χ0) is 8.69. The van der Waals surface area contributed by atoms with Gasteiger partial charge in [0.2, 0.25) is 0 Å². The number of rotatable bonds is 5. The van der Waals surface area contributed by atoms with Gasteiger partial charge in [-0.05, 0) is 12.8 Å². The Morgan fingerprint density at radius 3 is 2.45 bits per heavy atom. The SMILES string of the molecule is CC(=O)SCCCCC(=O)O. The molecule has 0 fully saturated rings. The van der Waals surface area contributed by atoms with Crippen molar-refractivity contribution >= 4 is 22.8 Å². The normalized spacial score (nSPS) is 9.55. The summed E-state index contributed by atoms with van der Waals surface area (Å²) in [7, 11) is 0. The van der Waals surface area contributed by atoms with Crippen LogP contribution < -0.4 is 0 Å². The van der Waals surface area contributed by atoms with Crippen molar-refractivity contribution in [3.63, 3.8) is 0 Å². The van der Waals surface area contributed by atoms with Gasteiger partial charge in [0, 0.05) is 19.1 Å². The number of aliphatic carboxylic acids is 1. The van der Waals surface area contributed by atoms with E-state index in [2.05, 4.69) is 0 Å². The Morgan fingerprint density at radius 2 is 2.00 bits per heavy atom. The van der Waals surface area contributed by atoms with Crippen LogP contribution in [0.2, 0.25) is 0 Å². The fraction of sp³-hybridized carbons (Fsp3) is 0.714. The van der Waals surface area contributed by atoms with Crippen LogP contribution in [0.5, 0.6) is 0 Å². The molecule has 0 aliphatic heterocycles. The molecule has 1 N–H and O–H groups in total. The van der Waals surface area contributed by atoms with Gasteiger partial charge in [0.05, 0.1) is 0 Å². The Kier molecular flexibility index (Phi) is 5.93. The second-order valence-electron chi connectivity index (χ2n) is 2.19. The number of thioether (sulfide) groups is 1. The molecule has 0 saturated heterocycles. The number of hydrogen-bond donors (Lipinski definition) is 1. The molecule has 0 amide bonds. The molecule has 0 heterocycles. The molecule has 4 heteroatoms. The van der Waals surface area contributed by atoms with Crippen LogP contribution in [0.1, 0.15) is 26.2 Å². The number of hydrogen-bond acceptors (Lipinski definition) is 3. The van der Waals surface area contributed by atoms with E-state index >= 15 is 0 Å². The smallest absolute Gasteiger partial charge is 0.303 e. The summed E-state index contributed by atoms with van der Waals surface area (Å²) in [5.41, 5.74) is 0. The van der Waals surface area contributed by atoms with Gasteiger partial charge in [-0.15, -0.1) is 0 Å². The first-order valence-electron chi connectivity index (χ1n) is 3.48. The molecular formula is C7H12O3S. The molecule has 0 atom stereocenters. The second kappa shape index (κ2) is 6.22. The summed E-state index contributed by atoms with van der Waals surface area (Å²) < 4.78 is 0. The molecule has 0 aromatic rings. The Labute approximate surface area is 70.2 Å². The lowest BCUT2D eigenvalue weighted by molar-refractivity contribution is -0.137. The van der Waals surface area contributed by atoms with Crippen molar-refractivity contribution in [1.29, 1.82) is 0 Å². The van der Waals surface area contributed by atoms with Crippen molar-refractivity contribution in [2.75, 3.05) is 5.75 Å². The Bertz CT molecular complexity index is 129. The Balaban J connectivity index is 3.03. The molecule has 0 spiro atoms. The highest BCUT2D eigenvalue weighted by molar-refractivity contribution is 8.13. The van der Waals surface area contributed by atoms with Crippen LogP contribution in [-0.2, 0) is 9.59 Å². The third-order valence-corrected chi connectivity index (χ3v) is 1.99. The lowest BCUT2D eigenvalue weighted by Crippen LogP contribution is -1.94. The molecule has 64 valence electrons. The Morgan fingerprint density at radius 1 is 1.36 bits per heavy atom. The summed E-state index contributed by atoms with van der Waals surface area (Å²) in [6.45, 7) is 1.52. The van der Waals surface area contributed by atoms with Crippen LogP contribution in [0.15, 0.2) is 0 Å². The van der Waals surface area contributed by atoms with Crippen LogP contribution in [-0.4, -0.2) is 21.9 Å². The molecule has 0 aromatic carbocycles. The van der Waals surface area contributed by atoms with E-state index in [4.69, 9.17) is 5.11 Å². The van der Waals surface area contributed by atoms with Crippen molar-refractivity contribution < 1.29 is 14.7 Å². The van der Waals surface area contributed by atoms with Crippen LogP contribution in [0, 0.1) is 0 Å². The molecule has 0 rings (SSSR count). The summed E-state index contributed by atoms with van der Waals surface area (Å²) in [4.78, 5) is 20.4. The van der Waals surface area contributed by atoms with Gasteiger partial charge in [-0.1, -0.05) is 11.8 Å². The van der Waals surface area contributed by atoms with Crippen molar-refractivity contribution in [3.8, 4) is 0 Å². The third kappa shape index (κ3) is 9.49. The predicted molar refractivity (Wildman–Crippen MR) is 44.6 cm³/mol. The van der Waals surface area contributed by atoms with E-state index in [1.165, 1.54) is 18.7 Å². The first-order valence-corrected chi connectivity index (χ1v) is 4.46.